The van der Waals surface area contributed by atoms with Crippen LogP contribution in [0, 0.1) is 11.8 Å². The molecule has 100 valence electrons. The van der Waals surface area contributed by atoms with E-state index in [2.05, 4.69) is 15.5 Å². The summed E-state index contributed by atoms with van der Waals surface area (Å²) >= 11 is 1.03. The highest BCUT2D eigenvalue weighted by atomic mass is 32.1. The summed E-state index contributed by atoms with van der Waals surface area (Å²) in [4.78, 5) is 25.2. The number of aromatic amines is 1. The van der Waals surface area contributed by atoms with Crippen LogP contribution in [0.5, 0.6) is 0 Å². The van der Waals surface area contributed by atoms with E-state index in [1.165, 1.54) is 0 Å². The van der Waals surface area contributed by atoms with Crippen LogP contribution in [0.25, 0.3) is 0 Å². The van der Waals surface area contributed by atoms with Gasteiger partial charge in [-0.05, 0) is 5.92 Å². The average molecular weight is 272 g/mol. The van der Waals surface area contributed by atoms with Crippen LogP contribution in [0.4, 0.5) is 0 Å². The summed E-state index contributed by atoms with van der Waals surface area (Å²) in [5.74, 6) is -1.25. The lowest BCUT2D eigenvalue weighted by molar-refractivity contribution is -0.124. The minimum Gasteiger partial charge on any atom is -0.409 e. The van der Waals surface area contributed by atoms with E-state index >= 15 is 0 Å². The minimum absolute atomic E-state index is 0.0950. The molecule has 0 saturated carbocycles. The second kappa shape index (κ2) is 6.20. The average Bonchev–Trinajstić information content (AvgIpc) is 2.72. The number of amides is 1. The van der Waals surface area contributed by atoms with Gasteiger partial charge in [0.25, 0.3) is 0 Å². The van der Waals surface area contributed by atoms with E-state index in [9.17, 15) is 9.59 Å². The van der Waals surface area contributed by atoms with Gasteiger partial charge in [-0.3, -0.25) is 9.59 Å². The number of carbonyl (C=O) groups excluding carboxylic acids is 1. The Morgan fingerprint density at radius 2 is 2.33 bits per heavy atom. The molecule has 1 atom stereocenters. The first-order valence-electron chi connectivity index (χ1n) is 5.37. The molecule has 0 aliphatic heterocycles. The topological polar surface area (TPSA) is 121 Å². The first-order chi connectivity index (χ1) is 8.45. The van der Waals surface area contributed by atoms with Gasteiger partial charge in [0.15, 0.2) is 5.84 Å². The molecule has 0 aliphatic carbocycles. The molecule has 1 aromatic rings. The van der Waals surface area contributed by atoms with Crippen LogP contribution in [0.2, 0.25) is 0 Å². The number of aromatic nitrogens is 1. The van der Waals surface area contributed by atoms with Gasteiger partial charge in [0.1, 0.15) is 5.92 Å². The standard InChI is InChI=1S/C10H16N4O3S/c1-5(2)7(8(11)14-17)9(15)12-3-6-4-18-10(16)13-6/h4-5,7,17H,3H2,1-2H3,(H2,11,14)(H,12,15)(H,13,16). The first kappa shape index (κ1) is 14.2. The fourth-order valence-electron chi connectivity index (χ4n) is 1.53. The van der Waals surface area contributed by atoms with Gasteiger partial charge in [-0.15, -0.1) is 0 Å². The SMILES string of the molecule is CC(C)C(C(=O)NCc1csc(=O)[nH]1)C(N)=NO. The summed E-state index contributed by atoms with van der Waals surface area (Å²) in [6.07, 6.45) is 0. The van der Waals surface area contributed by atoms with E-state index in [-0.39, 0.29) is 29.1 Å². The van der Waals surface area contributed by atoms with Gasteiger partial charge in [-0.2, -0.15) is 0 Å². The molecule has 1 heterocycles. The maximum Gasteiger partial charge on any atom is 0.304 e. The van der Waals surface area contributed by atoms with Gasteiger partial charge in [0.2, 0.25) is 5.91 Å². The molecule has 5 N–H and O–H groups in total. The van der Waals surface area contributed by atoms with Crippen LogP contribution >= 0.6 is 11.3 Å². The normalized spacial score (nSPS) is 13.6. The van der Waals surface area contributed by atoms with E-state index in [1.807, 2.05) is 0 Å². The molecule has 8 heteroatoms. The zero-order chi connectivity index (χ0) is 13.7. The summed E-state index contributed by atoms with van der Waals surface area (Å²) in [5, 5.41) is 15.8. The van der Waals surface area contributed by atoms with Crippen molar-refractivity contribution in [1.29, 1.82) is 0 Å². The number of nitrogens with two attached hydrogens (primary N) is 1. The summed E-state index contributed by atoms with van der Waals surface area (Å²) in [5.41, 5.74) is 6.10. The highest BCUT2D eigenvalue weighted by molar-refractivity contribution is 7.07. The summed E-state index contributed by atoms with van der Waals surface area (Å²) in [6.45, 7) is 3.81. The maximum absolute atomic E-state index is 11.9. The van der Waals surface area contributed by atoms with Crippen molar-refractivity contribution in [2.24, 2.45) is 22.7 Å². The van der Waals surface area contributed by atoms with Gasteiger partial charge >= 0.3 is 4.87 Å². The van der Waals surface area contributed by atoms with E-state index in [0.717, 1.165) is 11.3 Å². The number of rotatable bonds is 5. The summed E-state index contributed by atoms with van der Waals surface area (Å²) in [7, 11) is 0. The van der Waals surface area contributed by atoms with Crippen LogP contribution in [0.15, 0.2) is 15.3 Å². The van der Waals surface area contributed by atoms with Crippen molar-refractivity contribution in [1.82, 2.24) is 10.3 Å². The highest BCUT2D eigenvalue weighted by Crippen LogP contribution is 2.11. The largest absolute Gasteiger partial charge is 0.409 e. The van der Waals surface area contributed by atoms with Crippen LogP contribution in [-0.2, 0) is 11.3 Å². The molecule has 1 unspecified atom stereocenters. The molecule has 0 aliphatic rings. The zero-order valence-corrected chi connectivity index (χ0v) is 11.0. The fraction of sp³-hybridized carbons (Fsp3) is 0.500. The smallest absolute Gasteiger partial charge is 0.304 e. The molecule has 0 saturated heterocycles. The predicted molar refractivity (Wildman–Crippen MR) is 68.5 cm³/mol. The van der Waals surface area contributed by atoms with E-state index in [0.29, 0.717) is 5.69 Å². The van der Waals surface area contributed by atoms with Gasteiger partial charge in [-0.25, -0.2) is 0 Å². The number of thiazole rings is 1. The Balaban J connectivity index is 2.65. The summed E-state index contributed by atoms with van der Waals surface area (Å²) in [6, 6.07) is 0. The molecule has 0 radical (unpaired) electrons. The van der Waals surface area contributed by atoms with Gasteiger partial charge in [0, 0.05) is 11.1 Å². The van der Waals surface area contributed by atoms with Gasteiger partial charge < -0.3 is 21.2 Å². The molecule has 0 fully saturated rings. The lowest BCUT2D eigenvalue weighted by Crippen LogP contribution is -2.41. The van der Waals surface area contributed by atoms with Gasteiger partial charge in [0.05, 0.1) is 6.54 Å². The molecule has 0 spiro atoms. The number of hydrogen-bond acceptors (Lipinski definition) is 5. The monoisotopic (exact) mass is 272 g/mol. The highest BCUT2D eigenvalue weighted by Gasteiger charge is 2.26. The number of H-pyrrole nitrogens is 1. The first-order valence-corrected chi connectivity index (χ1v) is 6.25. The second-order valence-electron chi connectivity index (χ2n) is 4.14. The minimum atomic E-state index is -0.694. The Morgan fingerprint density at radius 1 is 1.67 bits per heavy atom. The molecule has 1 rings (SSSR count). The van der Waals surface area contributed by atoms with Crippen LogP contribution in [0.1, 0.15) is 19.5 Å². The van der Waals surface area contributed by atoms with Crippen molar-refractivity contribution < 1.29 is 10.0 Å². The lowest BCUT2D eigenvalue weighted by atomic mass is 9.94. The third-order valence-electron chi connectivity index (χ3n) is 2.41. The molecule has 1 aromatic heterocycles. The van der Waals surface area contributed by atoms with Crippen molar-refractivity contribution >= 4 is 23.1 Å². The Hall–Kier alpha value is -1.83. The number of carbonyl (C=O) groups is 1. The molecular weight excluding hydrogens is 256 g/mol. The predicted octanol–water partition coefficient (Wildman–Crippen LogP) is 0.0712. The molecule has 0 bridgehead atoms. The molecule has 1 amide bonds. The molecule has 7 nitrogen and oxygen atoms in total. The Morgan fingerprint density at radius 3 is 2.78 bits per heavy atom. The zero-order valence-electron chi connectivity index (χ0n) is 10.1. The molecule has 0 aromatic carbocycles. The number of oxime groups is 1. The Labute approximate surface area is 108 Å². The van der Waals surface area contributed by atoms with Crippen molar-refractivity contribution in [2.75, 3.05) is 0 Å². The molecular formula is C10H16N4O3S. The number of nitrogens with one attached hydrogen (secondary N) is 2. The quantitative estimate of drug-likeness (QED) is 0.262. The Kier molecular flexibility index (Phi) is 4.90. The van der Waals surface area contributed by atoms with E-state index in [4.69, 9.17) is 10.9 Å². The van der Waals surface area contributed by atoms with E-state index in [1.54, 1.807) is 19.2 Å². The van der Waals surface area contributed by atoms with Crippen LogP contribution in [0.3, 0.4) is 0 Å². The van der Waals surface area contributed by atoms with Crippen molar-refractivity contribution in [2.45, 2.75) is 20.4 Å². The third kappa shape index (κ3) is 3.59. The van der Waals surface area contributed by atoms with Gasteiger partial charge in [-0.1, -0.05) is 30.3 Å². The van der Waals surface area contributed by atoms with Crippen LogP contribution < -0.4 is 15.9 Å². The van der Waals surface area contributed by atoms with Crippen molar-refractivity contribution in [3.63, 3.8) is 0 Å². The van der Waals surface area contributed by atoms with Crippen molar-refractivity contribution in [3.8, 4) is 0 Å². The molecule has 18 heavy (non-hydrogen) atoms. The second-order valence-corrected chi connectivity index (χ2v) is 4.98. The maximum atomic E-state index is 11.9. The van der Waals surface area contributed by atoms with Crippen LogP contribution in [-0.4, -0.2) is 21.9 Å². The lowest BCUT2D eigenvalue weighted by Gasteiger charge is -2.18. The summed E-state index contributed by atoms with van der Waals surface area (Å²) < 4.78 is 0. The Bertz CT molecular complexity index is 491. The fourth-order valence-corrected chi connectivity index (χ4v) is 2.12. The number of nitrogens with zero attached hydrogens (tertiary/aromatic N) is 1. The third-order valence-corrected chi connectivity index (χ3v) is 3.13. The van der Waals surface area contributed by atoms with E-state index < -0.39 is 5.92 Å². The number of hydrogen-bond donors (Lipinski definition) is 4. The number of amidine groups is 1. The van der Waals surface area contributed by atoms with Crippen molar-refractivity contribution in [3.05, 3.63) is 20.7 Å².